The van der Waals surface area contributed by atoms with E-state index in [9.17, 15) is 14.4 Å². The molecule has 0 fully saturated rings. The number of ether oxygens (including phenoxy) is 3. The monoisotopic (exact) mass is 1140 g/mol. The van der Waals surface area contributed by atoms with Gasteiger partial charge in [0.25, 0.3) is 0 Å². The maximum Gasteiger partial charge on any atom is 0.306 e. The van der Waals surface area contributed by atoms with Gasteiger partial charge in [0.1, 0.15) is 13.2 Å². The van der Waals surface area contributed by atoms with Crippen molar-refractivity contribution in [2.45, 2.75) is 297 Å². The van der Waals surface area contributed by atoms with Crippen molar-refractivity contribution in [2.75, 3.05) is 13.2 Å². The molecule has 0 aliphatic carbocycles. The standard InChI is InChI=1S/C77H124O6/c1-4-7-10-13-16-19-22-25-28-31-33-35-37-38-40-41-43-46-49-52-55-58-61-64-67-70-76(79)82-73-74(72-81-75(78)69-66-63-60-57-54-51-48-45-30-27-24-21-18-15-12-9-6-3)83-77(80)71-68-65-62-59-56-53-50-47-44-42-39-36-34-32-29-26-23-20-17-14-11-8-5-2/h7,9-10,12,16,18-19,21,23,25-28,30,32-35,38-40,42,48,51,57,60,74H,4-6,8,11,13-15,17,20,22,24,29,31,36-37,41,43-47,49-50,52-56,58-59,61-73H2,1-3H3/b10-7-,12-9-,19-16-,21-18-,26-23-,28-25-,30-27-,34-32-,35-33-,40-38-,42-39-,51-48-,60-57-. The summed E-state index contributed by atoms with van der Waals surface area (Å²) in [5, 5.41) is 0. The molecule has 0 aromatic heterocycles. The van der Waals surface area contributed by atoms with E-state index < -0.39 is 6.10 Å². The minimum Gasteiger partial charge on any atom is -0.462 e. The molecule has 0 rings (SSSR count). The summed E-state index contributed by atoms with van der Waals surface area (Å²) in [6.45, 7) is 6.35. The summed E-state index contributed by atoms with van der Waals surface area (Å²) in [6.07, 6.45) is 101. The predicted octanol–water partition coefficient (Wildman–Crippen LogP) is 23.7. The van der Waals surface area contributed by atoms with Gasteiger partial charge in [-0.15, -0.1) is 0 Å². The Morgan fingerprint density at radius 3 is 0.783 bits per heavy atom. The number of esters is 3. The first-order valence-corrected chi connectivity index (χ1v) is 34.0. The molecule has 1 atom stereocenters. The maximum absolute atomic E-state index is 13.0. The number of carbonyl (C=O) groups excluding carboxylic acids is 3. The number of rotatable bonds is 60. The van der Waals surface area contributed by atoms with E-state index >= 15 is 0 Å². The SMILES string of the molecule is CC/C=C\C/C=C\C/C=C\C/C=C\C/C=C\CCCCCCCCCCCC(=O)OCC(COC(=O)CCC/C=C\C/C=C\C/C=C\C/C=C\C/C=C\CC)OC(=O)CCCCCCCCCC/C=C\C/C=C\C/C=C\CCCCCCC. The molecule has 0 heterocycles. The Morgan fingerprint density at radius 1 is 0.253 bits per heavy atom. The second-order valence-corrected chi connectivity index (χ2v) is 22.0. The van der Waals surface area contributed by atoms with E-state index in [1.165, 1.54) is 109 Å². The Hall–Kier alpha value is -4.97. The smallest absolute Gasteiger partial charge is 0.306 e. The van der Waals surface area contributed by atoms with Crippen molar-refractivity contribution < 1.29 is 28.6 Å². The van der Waals surface area contributed by atoms with Crippen LogP contribution in [-0.4, -0.2) is 37.2 Å². The Kier molecular flexibility index (Phi) is 65.4. The van der Waals surface area contributed by atoms with Crippen molar-refractivity contribution in [3.63, 3.8) is 0 Å². The largest absolute Gasteiger partial charge is 0.462 e. The second kappa shape index (κ2) is 69.5. The number of hydrogen-bond donors (Lipinski definition) is 0. The minimum atomic E-state index is -0.818. The zero-order valence-corrected chi connectivity index (χ0v) is 53.7. The lowest BCUT2D eigenvalue weighted by Gasteiger charge is -2.18. The molecule has 6 heteroatoms. The fraction of sp³-hybridized carbons (Fsp3) is 0.623. The second-order valence-electron chi connectivity index (χ2n) is 22.0. The van der Waals surface area contributed by atoms with Gasteiger partial charge in [0.05, 0.1) is 0 Å². The van der Waals surface area contributed by atoms with E-state index in [1.54, 1.807) is 0 Å². The molecule has 468 valence electrons. The summed E-state index contributed by atoms with van der Waals surface area (Å²) in [5.41, 5.74) is 0. The van der Waals surface area contributed by atoms with Crippen molar-refractivity contribution in [1.82, 2.24) is 0 Å². The van der Waals surface area contributed by atoms with Crippen LogP contribution < -0.4 is 0 Å². The summed E-state index contributed by atoms with van der Waals surface area (Å²) in [7, 11) is 0. The van der Waals surface area contributed by atoms with E-state index in [0.29, 0.717) is 19.3 Å². The first-order chi connectivity index (χ1) is 41.0. The third kappa shape index (κ3) is 67.7. The molecule has 0 aliphatic heterocycles. The van der Waals surface area contributed by atoms with Crippen molar-refractivity contribution in [3.8, 4) is 0 Å². The van der Waals surface area contributed by atoms with Crippen LogP contribution in [0.5, 0.6) is 0 Å². The highest BCUT2D eigenvalue weighted by Gasteiger charge is 2.19. The van der Waals surface area contributed by atoms with Gasteiger partial charge in [-0.25, -0.2) is 0 Å². The van der Waals surface area contributed by atoms with Gasteiger partial charge in [0, 0.05) is 19.3 Å². The predicted molar refractivity (Wildman–Crippen MR) is 362 cm³/mol. The molecule has 0 radical (unpaired) electrons. The van der Waals surface area contributed by atoms with Crippen LogP contribution in [0.3, 0.4) is 0 Å². The lowest BCUT2D eigenvalue weighted by atomic mass is 10.1. The van der Waals surface area contributed by atoms with Gasteiger partial charge in [-0.05, 0) is 141 Å². The van der Waals surface area contributed by atoms with Gasteiger partial charge in [0.15, 0.2) is 6.10 Å². The van der Waals surface area contributed by atoms with Crippen molar-refractivity contribution >= 4 is 17.9 Å². The third-order valence-corrected chi connectivity index (χ3v) is 14.0. The molecule has 1 unspecified atom stereocenters. The van der Waals surface area contributed by atoms with Gasteiger partial charge in [-0.2, -0.15) is 0 Å². The lowest BCUT2D eigenvalue weighted by Crippen LogP contribution is -2.30. The highest BCUT2D eigenvalue weighted by molar-refractivity contribution is 5.71. The first-order valence-electron chi connectivity index (χ1n) is 34.0. The molecule has 6 nitrogen and oxygen atoms in total. The van der Waals surface area contributed by atoms with Gasteiger partial charge >= 0.3 is 17.9 Å². The Labute approximate surface area is 511 Å². The normalized spacial score (nSPS) is 13.1. The number of unbranched alkanes of at least 4 members (excludes halogenated alkanes) is 23. The van der Waals surface area contributed by atoms with Gasteiger partial charge in [-0.3, -0.25) is 14.4 Å². The number of allylic oxidation sites excluding steroid dienone is 26. The van der Waals surface area contributed by atoms with Gasteiger partial charge < -0.3 is 14.2 Å². The number of carbonyl (C=O) groups is 3. The van der Waals surface area contributed by atoms with Crippen molar-refractivity contribution in [3.05, 3.63) is 158 Å². The van der Waals surface area contributed by atoms with Crippen LogP contribution in [0.1, 0.15) is 290 Å². The molecular weight excluding hydrogens is 1020 g/mol. The molecule has 0 bridgehead atoms. The van der Waals surface area contributed by atoms with Crippen molar-refractivity contribution in [2.24, 2.45) is 0 Å². The van der Waals surface area contributed by atoms with Crippen molar-refractivity contribution in [1.29, 1.82) is 0 Å². The molecule has 0 N–H and O–H groups in total. The zero-order chi connectivity index (χ0) is 59.9. The lowest BCUT2D eigenvalue weighted by molar-refractivity contribution is -0.167. The van der Waals surface area contributed by atoms with Crippen LogP contribution in [0, 0.1) is 0 Å². The van der Waals surface area contributed by atoms with Crippen LogP contribution in [0.2, 0.25) is 0 Å². The van der Waals surface area contributed by atoms with E-state index in [-0.39, 0.29) is 37.5 Å². The molecule has 0 spiro atoms. The van der Waals surface area contributed by atoms with Gasteiger partial charge in [0.2, 0.25) is 0 Å². The molecule has 0 saturated heterocycles. The van der Waals surface area contributed by atoms with Crippen LogP contribution in [0.25, 0.3) is 0 Å². The summed E-state index contributed by atoms with van der Waals surface area (Å²) in [4.78, 5) is 38.4. The maximum atomic E-state index is 13.0. The molecule has 83 heavy (non-hydrogen) atoms. The highest BCUT2D eigenvalue weighted by Crippen LogP contribution is 2.15. The third-order valence-electron chi connectivity index (χ3n) is 14.0. The van der Waals surface area contributed by atoms with E-state index in [0.717, 1.165) is 135 Å². The summed E-state index contributed by atoms with van der Waals surface area (Å²) in [6, 6.07) is 0. The van der Waals surface area contributed by atoms with Crippen LogP contribution in [0.15, 0.2) is 158 Å². The van der Waals surface area contributed by atoms with E-state index in [2.05, 4.69) is 179 Å². The van der Waals surface area contributed by atoms with Gasteiger partial charge in [-0.1, -0.05) is 288 Å². The Bertz CT molecular complexity index is 1840. The highest BCUT2D eigenvalue weighted by atomic mass is 16.6. The molecular formula is C77H124O6. The average Bonchev–Trinajstić information content (AvgIpc) is 3.49. The fourth-order valence-electron chi connectivity index (χ4n) is 8.98. The summed E-state index contributed by atoms with van der Waals surface area (Å²) in [5.74, 6) is -0.980. The molecule has 0 aliphatic rings. The number of hydrogen-bond acceptors (Lipinski definition) is 6. The Balaban J connectivity index is 4.48. The van der Waals surface area contributed by atoms with Crippen LogP contribution in [0.4, 0.5) is 0 Å². The van der Waals surface area contributed by atoms with Crippen LogP contribution in [-0.2, 0) is 28.6 Å². The van der Waals surface area contributed by atoms with Crippen LogP contribution >= 0.6 is 0 Å². The quantitative estimate of drug-likeness (QED) is 0.0261. The topological polar surface area (TPSA) is 78.9 Å². The average molecular weight is 1150 g/mol. The van der Waals surface area contributed by atoms with E-state index in [1.807, 2.05) is 0 Å². The molecule has 0 amide bonds. The minimum absolute atomic E-state index is 0.108. The van der Waals surface area contributed by atoms with E-state index in [4.69, 9.17) is 14.2 Å². The zero-order valence-electron chi connectivity index (χ0n) is 53.7. The first kappa shape index (κ1) is 78.0. The fourth-order valence-corrected chi connectivity index (χ4v) is 8.98. The molecule has 0 aromatic carbocycles. The molecule has 0 saturated carbocycles. The molecule has 0 aromatic rings. The summed E-state index contributed by atoms with van der Waals surface area (Å²) >= 11 is 0. The Morgan fingerprint density at radius 2 is 0.482 bits per heavy atom. The summed E-state index contributed by atoms with van der Waals surface area (Å²) < 4.78 is 16.9.